The van der Waals surface area contributed by atoms with E-state index >= 15 is 0 Å². The second kappa shape index (κ2) is 6.29. The average molecular weight is 295 g/mol. The molecule has 2 N–H and O–H groups in total. The number of thioether (sulfide) groups is 1. The molecule has 0 aliphatic carbocycles. The molecule has 0 unspecified atom stereocenters. The lowest BCUT2D eigenvalue weighted by atomic mass is 10.3. The van der Waals surface area contributed by atoms with Crippen LogP contribution in [-0.2, 0) is 4.79 Å². The van der Waals surface area contributed by atoms with Crippen LogP contribution in [0.5, 0.6) is 5.75 Å². The maximum atomic E-state index is 11.8. The van der Waals surface area contributed by atoms with E-state index in [9.17, 15) is 9.59 Å². The summed E-state index contributed by atoms with van der Waals surface area (Å²) in [4.78, 5) is 22.4. The Morgan fingerprint density at radius 2 is 2.35 bits per heavy atom. The maximum Gasteiger partial charge on any atom is 0.348 e. The molecular formula is C12H13N3O4S. The van der Waals surface area contributed by atoms with Crippen LogP contribution in [-0.4, -0.2) is 38.2 Å². The van der Waals surface area contributed by atoms with Crippen molar-refractivity contribution in [3.8, 4) is 11.4 Å². The van der Waals surface area contributed by atoms with Gasteiger partial charge in [-0.2, -0.15) is 0 Å². The number of aromatic nitrogens is 3. The lowest BCUT2D eigenvalue weighted by molar-refractivity contribution is -0.133. The molecule has 8 heteroatoms. The van der Waals surface area contributed by atoms with Gasteiger partial charge in [0, 0.05) is 6.07 Å². The molecule has 0 radical (unpaired) electrons. The highest BCUT2D eigenvalue weighted by Crippen LogP contribution is 2.20. The molecule has 0 fully saturated rings. The van der Waals surface area contributed by atoms with E-state index in [2.05, 4.69) is 10.2 Å². The minimum Gasteiger partial charge on any atom is -0.494 e. The smallest absolute Gasteiger partial charge is 0.348 e. The summed E-state index contributed by atoms with van der Waals surface area (Å²) in [5.74, 6) is -0.512. The number of carboxylic acids is 1. The first-order valence-electron chi connectivity index (χ1n) is 5.87. The van der Waals surface area contributed by atoms with Gasteiger partial charge in [-0.1, -0.05) is 17.8 Å². The number of H-pyrrole nitrogens is 1. The van der Waals surface area contributed by atoms with Crippen LogP contribution in [0.4, 0.5) is 0 Å². The molecule has 0 spiro atoms. The number of ether oxygens (including phenoxy) is 1. The zero-order valence-electron chi connectivity index (χ0n) is 10.7. The standard InChI is InChI=1S/C12H13N3O4S/c1-2-19-9-5-3-4-8(6-9)15-11(18)13-14-12(15)20-7-10(16)17/h3-6H,2,7H2,1H3,(H,13,18)(H,16,17). The van der Waals surface area contributed by atoms with Gasteiger partial charge in [0.1, 0.15) is 5.75 Å². The number of hydrogen-bond donors (Lipinski definition) is 2. The minimum absolute atomic E-state index is 0.171. The fourth-order valence-electron chi connectivity index (χ4n) is 1.61. The number of benzene rings is 1. The Hall–Kier alpha value is -2.22. The Bertz CT molecular complexity index is 665. The molecule has 1 aromatic heterocycles. The van der Waals surface area contributed by atoms with Gasteiger partial charge in [-0.25, -0.2) is 14.5 Å². The molecule has 7 nitrogen and oxygen atoms in total. The first kappa shape index (κ1) is 14.2. The van der Waals surface area contributed by atoms with Crippen LogP contribution < -0.4 is 10.4 Å². The maximum absolute atomic E-state index is 11.8. The molecule has 0 atom stereocenters. The number of nitrogens with one attached hydrogen (secondary N) is 1. The molecule has 2 aromatic rings. The van der Waals surface area contributed by atoms with Gasteiger partial charge in [0.2, 0.25) is 0 Å². The highest BCUT2D eigenvalue weighted by molar-refractivity contribution is 7.99. The Labute approximate surface area is 118 Å². The summed E-state index contributed by atoms with van der Waals surface area (Å²) < 4.78 is 6.69. The van der Waals surface area contributed by atoms with Crippen molar-refractivity contribution in [2.75, 3.05) is 12.4 Å². The number of carbonyl (C=O) groups is 1. The van der Waals surface area contributed by atoms with E-state index < -0.39 is 11.7 Å². The fraction of sp³-hybridized carbons (Fsp3) is 0.250. The van der Waals surface area contributed by atoms with Crippen LogP contribution in [0.25, 0.3) is 5.69 Å². The van der Waals surface area contributed by atoms with E-state index in [0.29, 0.717) is 23.2 Å². The molecule has 0 saturated carbocycles. The predicted octanol–water partition coefficient (Wildman–Crippen LogP) is 1.14. The summed E-state index contributed by atoms with van der Waals surface area (Å²) in [7, 11) is 0. The molecule has 1 aromatic carbocycles. The number of nitrogens with zero attached hydrogens (tertiary/aromatic N) is 2. The molecule has 1 heterocycles. The van der Waals surface area contributed by atoms with Crippen LogP contribution in [0.2, 0.25) is 0 Å². The molecule has 106 valence electrons. The largest absolute Gasteiger partial charge is 0.494 e. The highest BCUT2D eigenvalue weighted by atomic mass is 32.2. The molecule has 0 aliphatic heterocycles. The first-order chi connectivity index (χ1) is 9.61. The quantitative estimate of drug-likeness (QED) is 0.776. The normalized spacial score (nSPS) is 10.4. The molecule has 20 heavy (non-hydrogen) atoms. The Balaban J connectivity index is 2.36. The van der Waals surface area contributed by atoms with Crippen molar-refractivity contribution >= 4 is 17.7 Å². The lowest BCUT2D eigenvalue weighted by Gasteiger charge is -2.07. The van der Waals surface area contributed by atoms with E-state index in [-0.39, 0.29) is 5.75 Å². The van der Waals surface area contributed by atoms with Crippen molar-refractivity contribution < 1.29 is 14.6 Å². The Morgan fingerprint density at radius 3 is 3.05 bits per heavy atom. The van der Waals surface area contributed by atoms with E-state index in [1.54, 1.807) is 24.3 Å². The molecule has 0 aliphatic rings. The zero-order chi connectivity index (χ0) is 14.5. The summed E-state index contributed by atoms with van der Waals surface area (Å²) in [6, 6.07) is 6.96. The average Bonchev–Trinajstić information content (AvgIpc) is 2.78. The first-order valence-corrected chi connectivity index (χ1v) is 6.85. The number of hydrogen-bond acceptors (Lipinski definition) is 5. The monoisotopic (exact) mass is 295 g/mol. The van der Waals surface area contributed by atoms with Gasteiger partial charge < -0.3 is 9.84 Å². The van der Waals surface area contributed by atoms with E-state index in [1.165, 1.54) is 4.57 Å². The number of carboxylic acid groups (broad SMARTS) is 1. The lowest BCUT2D eigenvalue weighted by Crippen LogP contribution is -2.16. The van der Waals surface area contributed by atoms with Crippen molar-refractivity contribution in [3.63, 3.8) is 0 Å². The van der Waals surface area contributed by atoms with E-state index in [4.69, 9.17) is 9.84 Å². The van der Waals surface area contributed by atoms with Crippen LogP contribution in [0, 0.1) is 0 Å². The third-order valence-corrected chi connectivity index (χ3v) is 3.28. The van der Waals surface area contributed by atoms with Crippen molar-refractivity contribution in [2.45, 2.75) is 12.1 Å². The Morgan fingerprint density at radius 1 is 1.55 bits per heavy atom. The van der Waals surface area contributed by atoms with Crippen molar-refractivity contribution in [1.82, 2.24) is 14.8 Å². The van der Waals surface area contributed by atoms with E-state index in [1.807, 2.05) is 6.92 Å². The summed E-state index contributed by atoms with van der Waals surface area (Å²) in [5.41, 5.74) is 0.147. The van der Waals surface area contributed by atoms with Crippen molar-refractivity contribution in [1.29, 1.82) is 0 Å². The molecule has 0 saturated heterocycles. The predicted molar refractivity (Wildman–Crippen MR) is 73.7 cm³/mol. The summed E-state index contributed by atoms with van der Waals surface area (Å²) in [6.45, 7) is 2.38. The van der Waals surface area contributed by atoms with Crippen LogP contribution >= 0.6 is 11.8 Å². The molecule has 0 bridgehead atoms. The topological polar surface area (TPSA) is 97.2 Å². The summed E-state index contributed by atoms with van der Waals surface area (Å²) in [5, 5.41) is 15.1. The highest BCUT2D eigenvalue weighted by Gasteiger charge is 2.13. The second-order valence-electron chi connectivity index (χ2n) is 3.76. The van der Waals surface area contributed by atoms with Crippen LogP contribution in [0.3, 0.4) is 0 Å². The van der Waals surface area contributed by atoms with Gasteiger partial charge in [0.15, 0.2) is 5.16 Å². The second-order valence-corrected chi connectivity index (χ2v) is 4.70. The van der Waals surface area contributed by atoms with Gasteiger partial charge in [0.25, 0.3) is 0 Å². The third kappa shape index (κ3) is 3.21. The molecular weight excluding hydrogens is 282 g/mol. The fourth-order valence-corrected chi connectivity index (χ4v) is 2.29. The van der Waals surface area contributed by atoms with Gasteiger partial charge in [-0.3, -0.25) is 4.79 Å². The van der Waals surface area contributed by atoms with Gasteiger partial charge >= 0.3 is 11.7 Å². The van der Waals surface area contributed by atoms with Crippen molar-refractivity contribution in [2.24, 2.45) is 0 Å². The van der Waals surface area contributed by atoms with Gasteiger partial charge in [0.05, 0.1) is 18.0 Å². The van der Waals surface area contributed by atoms with Crippen LogP contribution in [0.1, 0.15) is 6.92 Å². The number of rotatable bonds is 6. The summed E-state index contributed by atoms with van der Waals surface area (Å²) >= 11 is 0.970. The van der Waals surface area contributed by atoms with E-state index in [0.717, 1.165) is 11.8 Å². The van der Waals surface area contributed by atoms with Crippen molar-refractivity contribution in [3.05, 3.63) is 34.7 Å². The minimum atomic E-state index is -0.972. The molecule has 0 amide bonds. The SMILES string of the molecule is CCOc1cccc(-n2c(SCC(=O)O)n[nH]c2=O)c1. The number of aromatic amines is 1. The zero-order valence-corrected chi connectivity index (χ0v) is 11.5. The summed E-state index contributed by atoms with van der Waals surface area (Å²) in [6.07, 6.45) is 0. The van der Waals surface area contributed by atoms with Gasteiger partial charge in [-0.15, -0.1) is 5.10 Å². The van der Waals surface area contributed by atoms with Crippen LogP contribution in [0.15, 0.2) is 34.2 Å². The number of aliphatic carboxylic acids is 1. The Kier molecular flexibility index (Phi) is 4.46. The van der Waals surface area contributed by atoms with Gasteiger partial charge in [-0.05, 0) is 19.1 Å². The third-order valence-electron chi connectivity index (χ3n) is 2.35. The molecule has 2 rings (SSSR count).